The number of amides is 1. The van der Waals surface area contributed by atoms with E-state index in [4.69, 9.17) is 15.2 Å². The van der Waals surface area contributed by atoms with Crippen LogP contribution < -0.4 is 5.73 Å². The summed E-state index contributed by atoms with van der Waals surface area (Å²) < 4.78 is 11.2. The Hall–Kier alpha value is -0.360. The van der Waals surface area contributed by atoms with Crippen molar-refractivity contribution in [3.05, 3.63) is 0 Å². The summed E-state index contributed by atoms with van der Waals surface area (Å²) in [6.45, 7) is 6.52. The molecule has 2 atom stereocenters. The summed E-state index contributed by atoms with van der Waals surface area (Å²) >= 11 is 0. The van der Waals surface area contributed by atoms with Gasteiger partial charge in [-0.15, -0.1) is 12.4 Å². The van der Waals surface area contributed by atoms with Gasteiger partial charge in [0.1, 0.15) is 0 Å². The average Bonchev–Trinajstić information content (AvgIpc) is 2.97. The van der Waals surface area contributed by atoms with Crippen molar-refractivity contribution >= 4 is 18.3 Å². The molecular formula is C12H23ClN2O3. The van der Waals surface area contributed by atoms with Crippen LogP contribution in [0.5, 0.6) is 0 Å². The minimum Gasteiger partial charge on any atom is -0.346 e. The first kappa shape index (κ1) is 15.7. The van der Waals surface area contributed by atoms with Gasteiger partial charge < -0.3 is 20.1 Å². The van der Waals surface area contributed by atoms with Crippen molar-refractivity contribution < 1.29 is 14.3 Å². The third-order valence-corrected chi connectivity index (χ3v) is 3.86. The van der Waals surface area contributed by atoms with Gasteiger partial charge in [-0.1, -0.05) is 20.3 Å². The number of likely N-dealkylation sites (tertiary alicyclic amines) is 1. The zero-order chi connectivity index (χ0) is 12.5. The van der Waals surface area contributed by atoms with Crippen LogP contribution in [0.4, 0.5) is 0 Å². The van der Waals surface area contributed by atoms with Crippen molar-refractivity contribution in [1.82, 2.24) is 4.90 Å². The van der Waals surface area contributed by atoms with Crippen molar-refractivity contribution in [2.45, 2.75) is 38.5 Å². The van der Waals surface area contributed by atoms with Crippen LogP contribution in [0.1, 0.15) is 26.7 Å². The number of hydrogen-bond acceptors (Lipinski definition) is 4. The molecule has 2 aliphatic heterocycles. The number of carbonyl (C=O) groups is 1. The molecule has 5 nitrogen and oxygen atoms in total. The molecule has 6 heteroatoms. The normalized spacial score (nSPS) is 24.9. The molecule has 0 radical (unpaired) electrons. The van der Waals surface area contributed by atoms with E-state index in [9.17, 15) is 4.79 Å². The summed E-state index contributed by atoms with van der Waals surface area (Å²) in [7, 11) is 0. The summed E-state index contributed by atoms with van der Waals surface area (Å²) in [5, 5.41) is 0. The lowest BCUT2D eigenvalue weighted by atomic mass is 9.99. The van der Waals surface area contributed by atoms with E-state index in [0.29, 0.717) is 26.3 Å². The standard InChI is InChI=1S/C12H22N2O3.ClH/c1-3-9(2)10(13)11(15)14-5-4-12(8-14)16-6-7-17-12;/h9-10H,3-8,13H2,1-2H3;1H/t9-,10-;/m0./s1. The fourth-order valence-corrected chi connectivity index (χ4v) is 2.38. The molecule has 0 bridgehead atoms. The van der Waals surface area contributed by atoms with Gasteiger partial charge in [-0.25, -0.2) is 0 Å². The van der Waals surface area contributed by atoms with E-state index in [-0.39, 0.29) is 24.2 Å². The van der Waals surface area contributed by atoms with Crippen LogP contribution in [-0.4, -0.2) is 48.9 Å². The van der Waals surface area contributed by atoms with E-state index in [1.54, 1.807) is 4.90 Å². The van der Waals surface area contributed by atoms with Crippen LogP contribution in [0.25, 0.3) is 0 Å². The molecule has 0 aromatic carbocycles. The molecule has 2 fully saturated rings. The minimum absolute atomic E-state index is 0. The Morgan fingerprint density at radius 1 is 1.44 bits per heavy atom. The highest BCUT2D eigenvalue weighted by Crippen LogP contribution is 2.30. The SMILES string of the molecule is CC[C@H](C)[C@H](N)C(=O)N1CCC2(C1)OCCO2.Cl. The molecule has 2 N–H and O–H groups in total. The summed E-state index contributed by atoms with van der Waals surface area (Å²) in [5.41, 5.74) is 5.97. The van der Waals surface area contributed by atoms with Crippen LogP contribution in [0.2, 0.25) is 0 Å². The first-order valence-corrected chi connectivity index (χ1v) is 6.40. The maximum atomic E-state index is 12.2. The Labute approximate surface area is 114 Å². The molecule has 2 heterocycles. The van der Waals surface area contributed by atoms with Gasteiger partial charge >= 0.3 is 0 Å². The molecule has 1 spiro atoms. The molecule has 18 heavy (non-hydrogen) atoms. The number of nitrogens with zero attached hydrogens (tertiary/aromatic N) is 1. The second kappa shape index (κ2) is 6.19. The van der Waals surface area contributed by atoms with E-state index in [0.717, 1.165) is 12.8 Å². The quantitative estimate of drug-likeness (QED) is 0.828. The van der Waals surface area contributed by atoms with Crippen molar-refractivity contribution in [2.24, 2.45) is 11.7 Å². The molecule has 106 valence electrons. The molecule has 0 aromatic rings. The Balaban J connectivity index is 0.00000162. The molecular weight excluding hydrogens is 256 g/mol. The predicted molar refractivity (Wildman–Crippen MR) is 70.5 cm³/mol. The zero-order valence-corrected chi connectivity index (χ0v) is 11.9. The van der Waals surface area contributed by atoms with Gasteiger partial charge in [0.25, 0.3) is 0 Å². The smallest absolute Gasteiger partial charge is 0.239 e. The molecule has 0 aromatic heterocycles. The molecule has 0 aliphatic carbocycles. The average molecular weight is 279 g/mol. The van der Waals surface area contributed by atoms with Crippen LogP contribution in [0.15, 0.2) is 0 Å². The Bertz CT molecular complexity index is 295. The van der Waals surface area contributed by atoms with Crippen molar-refractivity contribution in [1.29, 1.82) is 0 Å². The van der Waals surface area contributed by atoms with Gasteiger partial charge in [0, 0.05) is 13.0 Å². The van der Waals surface area contributed by atoms with Gasteiger partial charge in [-0.3, -0.25) is 4.79 Å². The Morgan fingerprint density at radius 3 is 2.61 bits per heavy atom. The number of ether oxygens (including phenoxy) is 2. The van der Waals surface area contributed by atoms with Crippen molar-refractivity contribution in [2.75, 3.05) is 26.3 Å². The lowest BCUT2D eigenvalue weighted by Gasteiger charge is -2.26. The first-order valence-electron chi connectivity index (χ1n) is 6.40. The topological polar surface area (TPSA) is 64.8 Å². The first-order chi connectivity index (χ1) is 8.08. The van der Waals surface area contributed by atoms with Crippen LogP contribution in [0.3, 0.4) is 0 Å². The summed E-state index contributed by atoms with van der Waals surface area (Å²) in [6.07, 6.45) is 1.67. The minimum atomic E-state index is -0.537. The van der Waals surface area contributed by atoms with E-state index in [1.165, 1.54) is 0 Å². The highest BCUT2D eigenvalue weighted by molar-refractivity contribution is 5.85. The molecule has 0 saturated carbocycles. The van der Waals surface area contributed by atoms with Crippen LogP contribution in [0, 0.1) is 5.92 Å². The third-order valence-electron chi connectivity index (χ3n) is 3.86. The molecule has 2 aliphatic rings. The van der Waals surface area contributed by atoms with E-state index in [2.05, 4.69) is 0 Å². The lowest BCUT2D eigenvalue weighted by molar-refractivity contribution is -0.153. The molecule has 1 amide bonds. The van der Waals surface area contributed by atoms with Crippen molar-refractivity contribution in [3.8, 4) is 0 Å². The maximum Gasteiger partial charge on any atom is 0.239 e. The molecule has 2 saturated heterocycles. The van der Waals surface area contributed by atoms with E-state index < -0.39 is 11.8 Å². The number of halogens is 1. The highest BCUT2D eigenvalue weighted by Gasteiger charge is 2.45. The predicted octanol–water partition coefficient (Wildman–Crippen LogP) is 0.757. The van der Waals surface area contributed by atoms with Crippen molar-refractivity contribution in [3.63, 3.8) is 0 Å². The monoisotopic (exact) mass is 278 g/mol. The van der Waals surface area contributed by atoms with Gasteiger partial charge in [0.2, 0.25) is 5.91 Å². The summed E-state index contributed by atoms with van der Waals surface area (Å²) in [5.74, 6) is -0.301. The number of carbonyl (C=O) groups excluding carboxylic acids is 1. The van der Waals surface area contributed by atoms with Crippen LogP contribution in [-0.2, 0) is 14.3 Å². The van der Waals surface area contributed by atoms with E-state index >= 15 is 0 Å². The highest BCUT2D eigenvalue weighted by atomic mass is 35.5. The number of nitrogens with two attached hydrogens (primary N) is 1. The Morgan fingerprint density at radius 2 is 2.06 bits per heavy atom. The largest absolute Gasteiger partial charge is 0.346 e. The van der Waals surface area contributed by atoms with Gasteiger partial charge in [0.15, 0.2) is 5.79 Å². The zero-order valence-electron chi connectivity index (χ0n) is 11.1. The second-order valence-electron chi connectivity index (χ2n) is 5.03. The Kier molecular flexibility index (Phi) is 5.40. The molecule has 0 unspecified atom stereocenters. The summed E-state index contributed by atoms with van der Waals surface area (Å²) in [4.78, 5) is 14.0. The number of rotatable bonds is 3. The van der Waals surface area contributed by atoms with Gasteiger partial charge in [0.05, 0.1) is 25.8 Å². The maximum absolute atomic E-state index is 12.2. The van der Waals surface area contributed by atoms with E-state index in [1.807, 2.05) is 13.8 Å². The fraction of sp³-hybridized carbons (Fsp3) is 0.917. The van der Waals surface area contributed by atoms with Gasteiger partial charge in [-0.2, -0.15) is 0 Å². The fourth-order valence-electron chi connectivity index (χ4n) is 2.38. The second-order valence-corrected chi connectivity index (χ2v) is 5.03. The summed E-state index contributed by atoms with van der Waals surface area (Å²) in [6, 6.07) is -0.406. The number of hydrogen-bond donors (Lipinski definition) is 1. The third kappa shape index (κ3) is 2.96. The van der Waals surface area contributed by atoms with Crippen LogP contribution >= 0.6 is 12.4 Å². The lowest BCUT2D eigenvalue weighted by Crippen LogP contribution is -2.47. The molecule has 2 rings (SSSR count). The van der Waals surface area contributed by atoms with Gasteiger partial charge in [-0.05, 0) is 5.92 Å².